The van der Waals surface area contributed by atoms with E-state index in [-0.39, 0.29) is 17.4 Å². The van der Waals surface area contributed by atoms with E-state index in [1.54, 1.807) is 25.1 Å². The molecule has 0 bridgehead atoms. The van der Waals surface area contributed by atoms with Crippen molar-refractivity contribution in [3.8, 4) is 0 Å². The third kappa shape index (κ3) is 4.80. The van der Waals surface area contributed by atoms with Crippen molar-refractivity contribution in [2.75, 3.05) is 6.61 Å². The number of nitrogens with one attached hydrogen (secondary N) is 1. The van der Waals surface area contributed by atoms with Crippen LogP contribution in [0, 0.1) is 10.1 Å². The maximum absolute atomic E-state index is 11.9. The number of halogens is 1. The van der Waals surface area contributed by atoms with E-state index in [2.05, 4.69) is 5.32 Å². The molecule has 0 spiro atoms. The van der Waals surface area contributed by atoms with Gasteiger partial charge in [-0.05, 0) is 24.6 Å². The summed E-state index contributed by atoms with van der Waals surface area (Å²) < 4.78 is 6.17. The third-order valence-corrected chi connectivity index (χ3v) is 3.71. The Balaban J connectivity index is 1.91. The van der Waals surface area contributed by atoms with Crippen LogP contribution in [0.2, 0.25) is 5.02 Å². The molecular weight excluding hydrogens is 350 g/mol. The van der Waals surface area contributed by atoms with Gasteiger partial charge in [-0.3, -0.25) is 14.9 Å². The number of benzene rings is 1. The number of nitrogens with zero attached hydrogens (tertiary/aromatic N) is 2. The van der Waals surface area contributed by atoms with E-state index in [0.29, 0.717) is 5.02 Å². The number of hydrogen-bond donors (Lipinski definition) is 1. The molecule has 8 nitrogen and oxygen atoms in total. The second-order valence-corrected chi connectivity index (χ2v) is 5.81. The summed E-state index contributed by atoms with van der Waals surface area (Å²) in [5, 5.41) is 13.9. The number of amides is 1. The first-order chi connectivity index (χ1) is 11.8. The van der Waals surface area contributed by atoms with E-state index in [4.69, 9.17) is 16.3 Å². The lowest BCUT2D eigenvalue weighted by molar-refractivity contribution is -0.384. The Morgan fingerprint density at radius 2 is 2.12 bits per heavy atom. The van der Waals surface area contributed by atoms with Gasteiger partial charge in [-0.25, -0.2) is 4.79 Å². The van der Waals surface area contributed by atoms with Gasteiger partial charge in [-0.1, -0.05) is 23.7 Å². The highest BCUT2D eigenvalue weighted by Crippen LogP contribution is 2.18. The van der Waals surface area contributed by atoms with Crippen LogP contribution >= 0.6 is 11.6 Å². The first-order valence-electron chi connectivity index (χ1n) is 7.30. The van der Waals surface area contributed by atoms with Crippen LogP contribution in [0.15, 0.2) is 36.5 Å². The first kappa shape index (κ1) is 18.5. The molecule has 2 rings (SSSR count). The highest BCUT2D eigenvalue weighted by atomic mass is 35.5. The van der Waals surface area contributed by atoms with Crippen molar-refractivity contribution in [1.82, 2.24) is 9.88 Å². The standard InChI is InChI=1S/C16H16ClN3O5/c1-10(11-4-3-5-12(17)6-11)18-15(21)9-25-16(22)14-7-13(20(23)24)8-19(14)2/h3-8,10H,9H2,1-2H3,(H,18,21). The minimum absolute atomic E-state index is 0.0117. The number of nitro groups is 1. The number of carbonyl (C=O) groups is 2. The van der Waals surface area contributed by atoms with Gasteiger partial charge < -0.3 is 14.6 Å². The zero-order chi connectivity index (χ0) is 18.6. The molecule has 1 amide bonds. The predicted molar refractivity (Wildman–Crippen MR) is 90.4 cm³/mol. The number of carbonyl (C=O) groups excluding carboxylic acids is 2. The fourth-order valence-corrected chi connectivity index (χ4v) is 2.40. The topological polar surface area (TPSA) is 103 Å². The molecule has 0 saturated carbocycles. The molecule has 1 aromatic heterocycles. The average molecular weight is 366 g/mol. The number of aryl methyl sites for hydroxylation is 1. The van der Waals surface area contributed by atoms with Gasteiger partial charge in [0.1, 0.15) is 5.69 Å². The number of ether oxygens (including phenoxy) is 1. The Hall–Kier alpha value is -2.87. The SMILES string of the molecule is CC(NC(=O)COC(=O)c1cc([N+](=O)[O-])cn1C)c1cccc(Cl)c1. The Morgan fingerprint density at radius 3 is 2.72 bits per heavy atom. The summed E-state index contributed by atoms with van der Waals surface area (Å²) in [5.41, 5.74) is 0.570. The van der Waals surface area contributed by atoms with Crippen molar-refractivity contribution in [2.24, 2.45) is 7.05 Å². The Kier molecular flexibility index (Phi) is 5.76. The summed E-state index contributed by atoms with van der Waals surface area (Å²) in [6.07, 6.45) is 1.19. The fraction of sp³-hybridized carbons (Fsp3) is 0.250. The zero-order valence-electron chi connectivity index (χ0n) is 13.6. The van der Waals surface area contributed by atoms with Crippen molar-refractivity contribution in [3.63, 3.8) is 0 Å². The van der Waals surface area contributed by atoms with Crippen LogP contribution < -0.4 is 5.32 Å². The second kappa shape index (κ2) is 7.80. The molecule has 132 valence electrons. The van der Waals surface area contributed by atoms with E-state index in [9.17, 15) is 19.7 Å². The van der Waals surface area contributed by atoms with Crippen LogP contribution in [0.4, 0.5) is 5.69 Å². The summed E-state index contributed by atoms with van der Waals surface area (Å²) in [4.78, 5) is 33.9. The summed E-state index contributed by atoms with van der Waals surface area (Å²) >= 11 is 5.90. The molecule has 0 aliphatic heterocycles. The minimum atomic E-state index is -0.818. The van der Waals surface area contributed by atoms with Crippen molar-refractivity contribution < 1.29 is 19.2 Å². The molecule has 0 fully saturated rings. The first-order valence-corrected chi connectivity index (χ1v) is 7.68. The molecule has 9 heteroatoms. The number of aromatic nitrogens is 1. The number of esters is 1. The molecule has 0 radical (unpaired) electrons. The van der Waals surface area contributed by atoms with E-state index in [0.717, 1.165) is 11.6 Å². The lowest BCUT2D eigenvalue weighted by Gasteiger charge is -2.14. The largest absolute Gasteiger partial charge is 0.451 e. The van der Waals surface area contributed by atoms with E-state index in [1.807, 2.05) is 6.07 Å². The molecule has 1 N–H and O–H groups in total. The number of rotatable bonds is 6. The van der Waals surface area contributed by atoms with Gasteiger partial charge >= 0.3 is 5.97 Å². The molecule has 1 unspecified atom stereocenters. The summed E-state index contributed by atoms with van der Waals surface area (Å²) in [6.45, 7) is 1.27. The molecule has 25 heavy (non-hydrogen) atoms. The molecule has 1 heterocycles. The molecule has 0 aliphatic carbocycles. The molecule has 1 atom stereocenters. The number of hydrogen-bond acceptors (Lipinski definition) is 5. The van der Waals surface area contributed by atoms with Crippen LogP contribution in [0.5, 0.6) is 0 Å². The van der Waals surface area contributed by atoms with Crippen molar-refractivity contribution in [3.05, 3.63) is 62.9 Å². The highest BCUT2D eigenvalue weighted by molar-refractivity contribution is 6.30. The average Bonchev–Trinajstić information content (AvgIpc) is 2.95. The normalized spacial score (nSPS) is 11.6. The van der Waals surface area contributed by atoms with Gasteiger partial charge in [0.25, 0.3) is 11.6 Å². The van der Waals surface area contributed by atoms with Crippen LogP contribution in [-0.4, -0.2) is 28.0 Å². The lowest BCUT2D eigenvalue weighted by atomic mass is 10.1. The van der Waals surface area contributed by atoms with Gasteiger partial charge in [0.05, 0.1) is 17.2 Å². The maximum Gasteiger partial charge on any atom is 0.355 e. The van der Waals surface area contributed by atoms with Gasteiger partial charge in [-0.15, -0.1) is 0 Å². The smallest absolute Gasteiger partial charge is 0.355 e. The van der Waals surface area contributed by atoms with Gasteiger partial charge in [0, 0.05) is 18.1 Å². The third-order valence-electron chi connectivity index (χ3n) is 3.47. The van der Waals surface area contributed by atoms with E-state index < -0.39 is 23.4 Å². The Labute approximate surface area is 148 Å². The maximum atomic E-state index is 11.9. The molecule has 0 saturated heterocycles. The van der Waals surface area contributed by atoms with Crippen molar-refractivity contribution >= 4 is 29.2 Å². The van der Waals surface area contributed by atoms with E-state index in [1.165, 1.54) is 17.8 Å². The predicted octanol–water partition coefficient (Wildman–Crippen LogP) is 2.62. The van der Waals surface area contributed by atoms with E-state index >= 15 is 0 Å². The molecule has 2 aromatic rings. The van der Waals surface area contributed by atoms with Crippen LogP contribution in [0.3, 0.4) is 0 Å². The second-order valence-electron chi connectivity index (χ2n) is 5.37. The van der Waals surface area contributed by atoms with Crippen LogP contribution in [0.25, 0.3) is 0 Å². The summed E-state index contributed by atoms with van der Waals surface area (Å²) in [5.74, 6) is -1.31. The van der Waals surface area contributed by atoms with Crippen molar-refractivity contribution in [2.45, 2.75) is 13.0 Å². The van der Waals surface area contributed by atoms with Gasteiger partial charge in [0.2, 0.25) is 0 Å². The molecule has 0 aliphatic rings. The van der Waals surface area contributed by atoms with Crippen molar-refractivity contribution in [1.29, 1.82) is 0 Å². The zero-order valence-corrected chi connectivity index (χ0v) is 14.3. The monoisotopic (exact) mass is 365 g/mol. The summed E-state index contributed by atoms with van der Waals surface area (Å²) in [6, 6.07) is 7.80. The Morgan fingerprint density at radius 1 is 1.40 bits per heavy atom. The quantitative estimate of drug-likeness (QED) is 0.481. The highest BCUT2D eigenvalue weighted by Gasteiger charge is 2.20. The minimum Gasteiger partial charge on any atom is -0.451 e. The molecule has 1 aromatic carbocycles. The van der Waals surface area contributed by atoms with Crippen LogP contribution in [0.1, 0.15) is 29.0 Å². The molecular formula is C16H16ClN3O5. The van der Waals surface area contributed by atoms with Crippen LogP contribution in [-0.2, 0) is 16.6 Å². The summed E-state index contributed by atoms with van der Waals surface area (Å²) in [7, 11) is 1.48. The van der Waals surface area contributed by atoms with Gasteiger partial charge in [-0.2, -0.15) is 0 Å². The van der Waals surface area contributed by atoms with Gasteiger partial charge in [0.15, 0.2) is 6.61 Å². The lowest BCUT2D eigenvalue weighted by Crippen LogP contribution is -2.31. The Bertz CT molecular complexity index is 818. The fourth-order valence-electron chi connectivity index (χ4n) is 2.20.